The largest absolute Gasteiger partial charge is 0.353 e. The van der Waals surface area contributed by atoms with E-state index in [0.717, 1.165) is 42.9 Å². The molecule has 1 fully saturated rings. The molecule has 3 rings (SSSR count). The van der Waals surface area contributed by atoms with Crippen LogP contribution < -0.4 is 4.90 Å². The molecule has 0 bridgehead atoms. The van der Waals surface area contributed by atoms with Crippen molar-refractivity contribution in [2.45, 2.75) is 13.0 Å². The van der Waals surface area contributed by atoms with Crippen molar-refractivity contribution in [2.75, 3.05) is 31.1 Å². The van der Waals surface area contributed by atoms with E-state index in [9.17, 15) is 0 Å². The molecule has 1 atom stereocenters. The molecule has 1 saturated heterocycles. The van der Waals surface area contributed by atoms with E-state index in [2.05, 4.69) is 31.9 Å². The summed E-state index contributed by atoms with van der Waals surface area (Å²) in [4.78, 5) is 13.2. The molecule has 102 valence electrons. The molecule has 0 radical (unpaired) electrons. The standard InChI is InChI=1S/C15H17N5/c1-12(10-16)19-6-8-20(9-7-19)15-13-4-2-3-5-14(13)17-11-18-15/h2-5,11-12H,6-9H2,1H3. The molecule has 5 heteroatoms. The highest BCUT2D eigenvalue weighted by Gasteiger charge is 2.22. The van der Waals surface area contributed by atoms with Crippen molar-refractivity contribution in [3.05, 3.63) is 30.6 Å². The van der Waals surface area contributed by atoms with E-state index >= 15 is 0 Å². The molecule has 1 aromatic carbocycles. The van der Waals surface area contributed by atoms with E-state index in [1.54, 1.807) is 6.33 Å². The number of piperazine rings is 1. The number of aromatic nitrogens is 2. The van der Waals surface area contributed by atoms with Gasteiger partial charge in [-0.15, -0.1) is 0 Å². The molecular formula is C15H17N5. The van der Waals surface area contributed by atoms with Crippen LogP contribution in [-0.2, 0) is 0 Å². The fourth-order valence-corrected chi connectivity index (χ4v) is 2.65. The second-order valence-electron chi connectivity index (χ2n) is 5.04. The molecule has 2 aromatic rings. The molecule has 1 unspecified atom stereocenters. The lowest BCUT2D eigenvalue weighted by molar-refractivity contribution is 0.231. The Morgan fingerprint density at radius 2 is 1.90 bits per heavy atom. The van der Waals surface area contributed by atoms with Gasteiger partial charge >= 0.3 is 0 Å². The SMILES string of the molecule is CC(C#N)N1CCN(c2ncnc3ccccc23)CC1. The Morgan fingerprint density at radius 3 is 2.65 bits per heavy atom. The summed E-state index contributed by atoms with van der Waals surface area (Å²) in [5.74, 6) is 1.000. The zero-order chi connectivity index (χ0) is 13.9. The van der Waals surface area contributed by atoms with E-state index in [0.29, 0.717) is 0 Å². The van der Waals surface area contributed by atoms with E-state index in [1.807, 2.05) is 25.1 Å². The average Bonchev–Trinajstić information content (AvgIpc) is 2.54. The Morgan fingerprint density at radius 1 is 1.15 bits per heavy atom. The second kappa shape index (κ2) is 5.43. The number of para-hydroxylation sites is 1. The minimum atomic E-state index is -0.0145. The zero-order valence-electron chi connectivity index (χ0n) is 11.5. The van der Waals surface area contributed by atoms with Gasteiger partial charge in [-0.05, 0) is 19.1 Å². The number of nitrogens with zero attached hydrogens (tertiary/aromatic N) is 5. The van der Waals surface area contributed by atoms with Gasteiger partial charge in [0.25, 0.3) is 0 Å². The summed E-state index contributed by atoms with van der Waals surface area (Å²) in [5.41, 5.74) is 0.977. The van der Waals surface area contributed by atoms with Crippen LogP contribution in [0.1, 0.15) is 6.92 Å². The molecule has 1 aromatic heterocycles. The Kier molecular flexibility index (Phi) is 3.48. The number of benzene rings is 1. The summed E-state index contributed by atoms with van der Waals surface area (Å²) >= 11 is 0. The van der Waals surface area contributed by atoms with E-state index in [-0.39, 0.29) is 6.04 Å². The molecular weight excluding hydrogens is 250 g/mol. The van der Waals surface area contributed by atoms with Crippen LogP contribution in [0.3, 0.4) is 0 Å². The Hall–Kier alpha value is -2.19. The van der Waals surface area contributed by atoms with Crippen molar-refractivity contribution in [1.29, 1.82) is 5.26 Å². The number of hydrogen-bond acceptors (Lipinski definition) is 5. The second-order valence-corrected chi connectivity index (χ2v) is 5.04. The normalized spacial score (nSPS) is 17.9. The molecule has 2 heterocycles. The summed E-state index contributed by atoms with van der Waals surface area (Å²) in [7, 11) is 0. The quantitative estimate of drug-likeness (QED) is 0.828. The lowest BCUT2D eigenvalue weighted by Gasteiger charge is -2.36. The van der Waals surface area contributed by atoms with Gasteiger partial charge in [-0.2, -0.15) is 5.26 Å². The minimum absolute atomic E-state index is 0.0145. The topological polar surface area (TPSA) is 56.1 Å². The molecule has 0 N–H and O–H groups in total. The van der Waals surface area contributed by atoms with Gasteiger partial charge in [0.05, 0.1) is 17.6 Å². The van der Waals surface area contributed by atoms with Gasteiger partial charge in [0, 0.05) is 31.6 Å². The van der Waals surface area contributed by atoms with Gasteiger partial charge in [-0.3, -0.25) is 4.90 Å². The Bertz CT molecular complexity index is 635. The lowest BCUT2D eigenvalue weighted by atomic mass is 10.2. The van der Waals surface area contributed by atoms with Gasteiger partial charge in [0.1, 0.15) is 12.1 Å². The monoisotopic (exact) mass is 267 g/mol. The zero-order valence-corrected chi connectivity index (χ0v) is 11.5. The van der Waals surface area contributed by atoms with Gasteiger partial charge in [0.2, 0.25) is 0 Å². The highest BCUT2D eigenvalue weighted by Crippen LogP contribution is 2.23. The first-order valence-electron chi connectivity index (χ1n) is 6.88. The molecule has 20 heavy (non-hydrogen) atoms. The molecule has 1 aliphatic heterocycles. The maximum Gasteiger partial charge on any atom is 0.139 e. The first-order valence-corrected chi connectivity index (χ1v) is 6.88. The number of hydrogen-bond donors (Lipinski definition) is 0. The molecule has 0 amide bonds. The van der Waals surface area contributed by atoms with Crippen LogP contribution in [0.4, 0.5) is 5.82 Å². The summed E-state index contributed by atoms with van der Waals surface area (Å²) < 4.78 is 0. The van der Waals surface area contributed by atoms with E-state index in [1.165, 1.54) is 0 Å². The number of rotatable bonds is 2. The highest BCUT2D eigenvalue weighted by atomic mass is 15.3. The fourth-order valence-electron chi connectivity index (χ4n) is 2.65. The number of nitriles is 1. The van der Waals surface area contributed by atoms with E-state index in [4.69, 9.17) is 5.26 Å². The van der Waals surface area contributed by atoms with Crippen LogP contribution >= 0.6 is 0 Å². The fraction of sp³-hybridized carbons (Fsp3) is 0.400. The van der Waals surface area contributed by atoms with Gasteiger partial charge < -0.3 is 4.90 Å². The van der Waals surface area contributed by atoms with Gasteiger partial charge in [-0.25, -0.2) is 9.97 Å². The van der Waals surface area contributed by atoms with Crippen LogP contribution in [0, 0.1) is 11.3 Å². The Balaban J connectivity index is 1.82. The number of anilines is 1. The van der Waals surface area contributed by atoms with Crippen LogP contribution in [-0.4, -0.2) is 47.1 Å². The lowest BCUT2D eigenvalue weighted by Crippen LogP contribution is -2.49. The smallest absolute Gasteiger partial charge is 0.139 e. The van der Waals surface area contributed by atoms with Crippen LogP contribution in [0.25, 0.3) is 10.9 Å². The summed E-state index contributed by atoms with van der Waals surface area (Å²) in [6, 6.07) is 10.4. The van der Waals surface area contributed by atoms with Gasteiger partial charge in [-0.1, -0.05) is 12.1 Å². The third-order valence-electron chi connectivity index (χ3n) is 3.87. The van der Waals surface area contributed by atoms with Crippen LogP contribution in [0.2, 0.25) is 0 Å². The van der Waals surface area contributed by atoms with Crippen molar-refractivity contribution in [3.8, 4) is 6.07 Å². The predicted molar refractivity (Wildman–Crippen MR) is 78.4 cm³/mol. The molecule has 1 aliphatic rings. The third-order valence-corrected chi connectivity index (χ3v) is 3.87. The maximum atomic E-state index is 8.99. The van der Waals surface area contributed by atoms with Crippen molar-refractivity contribution in [3.63, 3.8) is 0 Å². The van der Waals surface area contributed by atoms with Crippen molar-refractivity contribution < 1.29 is 0 Å². The Labute approximate surface area is 118 Å². The highest BCUT2D eigenvalue weighted by molar-refractivity contribution is 5.89. The van der Waals surface area contributed by atoms with Crippen molar-refractivity contribution >= 4 is 16.7 Å². The van der Waals surface area contributed by atoms with Crippen molar-refractivity contribution in [1.82, 2.24) is 14.9 Å². The van der Waals surface area contributed by atoms with Crippen LogP contribution in [0.5, 0.6) is 0 Å². The summed E-state index contributed by atoms with van der Waals surface area (Å²) in [6.07, 6.45) is 1.63. The summed E-state index contributed by atoms with van der Waals surface area (Å²) in [5, 5.41) is 10.1. The third kappa shape index (κ3) is 2.30. The average molecular weight is 267 g/mol. The maximum absolute atomic E-state index is 8.99. The summed E-state index contributed by atoms with van der Waals surface area (Å²) in [6.45, 7) is 5.54. The van der Waals surface area contributed by atoms with Crippen molar-refractivity contribution in [2.24, 2.45) is 0 Å². The predicted octanol–water partition coefficient (Wildman–Crippen LogP) is 1.66. The first kappa shape index (κ1) is 12.8. The molecule has 0 saturated carbocycles. The first-order chi connectivity index (χ1) is 9.79. The van der Waals surface area contributed by atoms with Gasteiger partial charge in [0.15, 0.2) is 0 Å². The molecule has 0 aliphatic carbocycles. The number of fused-ring (bicyclic) bond motifs is 1. The molecule has 0 spiro atoms. The van der Waals surface area contributed by atoms with Crippen LogP contribution in [0.15, 0.2) is 30.6 Å². The van der Waals surface area contributed by atoms with E-state index < -0.39 is 0 Å². The molecule has 5 nitrogen and oxygen atoms in total. The minimum Gasteiger partial charge on any atom is -0.353 e.